The molecule has 0 aliphatic heterocycles. The minimum Gasteiger partial charge on any atom is -0.493 e. The SMILES string of the molecule is COc1cc2c(c(OC)c1OC)-c1ccc(NCCCCCC(=O)Nc3ccc(NC(C)=O)cc3)c(=O)cc1[C@H](NC(C)=O)CC2. The number of amides is 3. The summed E-state index contributed by atoms with van der Waals surface area (Å²) in [6.07, 6.45) is 3.82. The first-order valence-electron chi connectivity index (χ1n) is 15.3. The topological polar surface area (TPSA) is 144 Å². The van der Waals surface area contributed by atoms with E-state index in [1.54, 1.807) is 57.7 Å². The van der Waals surface area contributed by atoms with Crippen molar-refractivity contribution < 1.29 is 28.6 Å². The molecule has 1 atom stereocenters. The van der Waals surface area contributed by atoms with Crippen molar-refractivity contribution in [3.05, 3.63) is 69.9 Å². The van der Waals surface area contributed by atoms with Gasteiger partial charge < -0.3 is 35.5 Å². The van der Waals surface area contributed by atoms with Crippen molar-refractivity contribution in [1.82, 2.24) is 5.32 Å². The van der Waals surface area contributed by atoms with E-state index in [0.717, 1.165) is 29.5 Å². The molecule has 1 aliphatic rings. The number of methoxy groups -OCH3 is 3. The maximum Gasteiger partial charge on any atom is 0.224 e. The van der Waals surface area contributed by atoms with Crippen molar-refractivity contribution in [2.75, 3.05) is 43.8 Å². The second-order valence-corrected chi connectivity index (χ2v) is 11.1. The number of rotatable bonds is 13. The molecular formula is C35H42N4O7. The van der Waals surface area contributed by atoms with Crippen LogP contribution in [0, 0.1) is 0 Å². The van der Waals surface area contributed by atoms with Crippen LogP contribution in [0.15, 0.2) is 53.3 Å². The number of carbonyl (C=O) groups excluding carboxylic acids is 3. The zero-order valence-corrected chi connectivity index (χ0v) is 27.0. The molecule has 0 spiro atoms. The average Bonchev–Trinajstić information content (AvgIpc) is 3.26. The van der Waals surface area contributed by atoms with Gasteiger partial charge in [0.05, 0.1) is 33.1 Å². The Labute approximate surface area is 269 Å². The van der Waals surface area contributed by atoms with Crippen molar-refractivity contribution >= 4 is 34.8 Å². The van der Waals surface area contributed by atoms with Crippen LogP contribution in [0.5, 0.6) is 17.2 Å². The van der Waals surface area contributed by atoms with Crippen molar-refractivity contribution in [3.63, 3.8) is 0 Å². The summed E-state index contributed by atoms with van der Waals surface area (Å²) < 4.78 is 17.1. The molecule has 3 aromatic carbocycles. The standard InChI is InChI=1S/C35H42N4O7/c1-21(40)37-24-11-13-25(14-12-24)39-32(43)9-7-6-8-18-36-29-17-15-26-27(20-30(29)42)28(38-22(2)41)16-10-23-19-31(44-3)34(45-4)35(46-5)33(23)26/h11-15,17,19-20,28H,6-10,16,18H2,1-5H3,(H,36,42)(H,37,40)(H,38,41)(H,39,43)/t28-/m1/s1. The Morgan fingerprint density at radius 3 is 2.13 bits per heavy atom. The van der Waals surface area contributed by atoms with E-state index in [0.29, 0.717) is 72.1 Å². The van der Waals surface area contributed by atoms with E-state index < -0.39 is 0 Å². The Bertz CT molecular complexity index is 1640. The van der Waals surface area contributed by atoms with E-state index in [1.165, 1.54) is 13.8 Å². The minimum absolute atomic E-state index is 0.0858. The molecule has 4 N–H and O–H groups in total. The Morgan fingerprint density at radius 2 is 1.50 bits per heavy atom. The summed E-state index contributed by atoms with van der Waals surface area (Å²) in [6.45, 7) is 3.46. The number of unbranched alkanes of at least 4 members (excludes halogenated alkanes) is 2. The summed E-state index contributed by atoms with van der Waals surface area (Å²) in [6, 6.07) is 13.7. The fourth-order valence-electron chi connectivity index (χ4n) is 5.73. The first-order valence-corrected chi connectivity index (χ1v) is 15.3. The van der Waals surface area contributed by atoms with E-state index in [1.807, 2.05) is 12.1 Å². The van der Waals surface area contributed by atoms with Gasteiger partial charge in [0, 0.05) is 43.8 Å². The molecule has 1 aliphatic carbocycles. The van der Waals surface area contributed by atoms with Crippen molar-refractivity contribution in [3.8, 4) is 28.4 Å². The third kappa shape index (κ3) is 8.35. The van der Waals surface area contributed by atoms with Gasteiger partial charge in [-0.15, -0.1) is 0 Å². The van der Waals surface area contributed by atoms with Gasteiger partial charge in [-0.1, -0.05) is 12.5 Å². The molecule has 11 nitrogen and oxygen atoms in total. The van der Waals surface area contributed by atoms with Crippen LogP contribution >= 0.6 is 0 Å². The van der Waals surface area contributed by atoms with Gasteiger partial charge in [0.2, 0.25) is 28.9 Å². The second-order valence-electron chi connectivity index (χ2n) is 11.1. The van der Waals surface area contributed by atoms with Gasteiger partial charge in [-0.2, -0.15) is 0 Å². The molecule has 0 aromatic heterocycles. The largest absolute Gasteiger partial charge is 0.493 e. The van der Waals surface area contributed by atoms with E-state index in [-0.39, 0.29) is 29.2 Å². The van der Waals surface area contributed by atoms with Gasteiger partial charge in [-0.25, -0.2) is 0 Å². The molecule has 11 heteroatoms. The molecular weight excluding hydrogens is 588 g/mol. The molecule has 4 rings (SSSR count). The molecule has 0 unspecified atom stereocenters. The summed E-state index contributed by atoms with van der Waals surface area (Å²) in [5, 5.41) is 11.8. The number of fused-ring (bicyclic) bond motifs is 3. The third-order valence-corrected chi connectivity index (χ3v) is 7.80. The normalized spacial score (nSPS) is 13.3. The van der Waals surface area contributed by atoms with Crippen LogP contribution in [0.1, 0.15) is 63.1 Å². The van der Waals surface area contributed by atoms with E-state index in [2.05, 4.69) is 21.3 Å². The number of carbonyl (C=O) groups is 3. The van der Waals surface area contributed by atoms with Crippen molar-refractivity contribution in [1.29, 1.82) is 0 Å². The van der Waals surface area contributed by atoms with Gasteiger partial charge >= 0.3 is 0 Å². The molecule has 3 amide bonds. The lowest BCUT2D eigenvalue weighted by atomic mass is 9.95. The van der Waals surface area contributed by atoms with E-state index in [4.69, 9.17) is 14.2 Å². The highest BCUT2D eigenvalue weighted by Gasteiger charge is 2.29. The molecule has 244 valence electrons. The highest BCUT2D eigenvalue weighted by Crippen LogP contribution is 2.50. The Morgan fingerprint density at radius 1 is 0.804 bits per heavy atom. The Kier molecular flexibility index (Phi) is 11.6. The van der Waals surface area contributed by atoms with E-state index >= 15 is 0 Å². The lowest BCUT2D eigenvalue weighted by Crippen LogP contribution is -2.26. The molecule has 3 aromatic rings. The first kappa shape index (κ1) is 33.8. The predicted molar refractivity (Wildman–Crippen MR) is 179 cm³/mol. The zero-order valence-electron chi connectivity index (χ0n) is 27.0. The molecule has 0 bridgehead atoms. The quantitative estimate of drug-likeness (QED) is 0.183. The molecule has 0 heterocycles. The van der Waals surface area contributed by atoms with Gasteiger partial charge in [0.15, 0.2) is 11.5 Å². The Balaban J connectivity index is 1.44. The van der Waals surface area contributed by atoms with Gasteiger partial charge in [-0.3, -0.25) is 19.2 Å². The molecule has 0 saturated carbocycles. The summed E-state index contributed by atoms with van der Waals surface area (Å²) in [5.41, 5.74) is 4.81. The van der Waals surface area contributed by atoms with E-state index in [9.17, 15) is 19.2 Å². The second kappa shape index (κ2) is 15.8. The maximum absolute atomic E-state index is 13.5. The summed E-state index contributed by atoms with van der Waals surface area (Å²) in [4.78, 5) is 49.2. The lowest BCUT2D eigenvalue weighted by molar-refractivity contribution is -0.120. The van der Waals surface area contributed by atoms with Crippen LogP contribution in [0.2, 0.25) is 0 Å². The fraction of sp³-hybridized carbons (Fsp3) is 0.371. The van der Waals surface area contributed by atoms with Crippen LogP contribution in [0.25, 0.3) is 11.1 Å². The third-order valence-electron chi connectivity index (χ3n) is 7.80. The summed E-state index contributed by atoms with van der Waals surface area (Å²) in [7, 11) is 4.69. The number of hydrogen-bond donors (Lipinski definition) is 4. The van der Waals surface area contributed by atoms with Crippen LogP contribution in [0.4, 0.5) is 17.1 Å². The molecule has 0 saturated heterocycles. The predicted octanol–water partition coefficient (Wildman–Crippen LogP) is 5.43. The Hall–Kier alpha value is -5.06. The number of hydrogen-bond acceptors (Lipinski definition) is 8. The number of nitrogens with one attached hydrogen (secondary N) is 4. The first-order chi connectivity index (χ1) is 22.1. The fourth-order valence-corrected chi connectivity index (χ4v) is 5.73. The number of ether oxygens (including phenoxy) is 3. The molecule has 46 heavy (non-hydrogen) atoms. The average molecular weight is 631 g/mol. The monoisotopic (exact) mass is 630 g/mol. The summed E-state index contributed by atoms with van der Waals surface area (Å²) in [5.74, 6) is 1.07. The van der Waals surface area contributed by atoms with Crippen LogP contribution in [-0.2, 0) is 20.8 Å². The number of anilines is 3. The summed E-state index contributed by atoms with van der Waals surface area (Å²) >= 11 is 0. The zero-order chi connectivity index (χ0) is 33.2. The van der Waals surface area contributed by atoms with Gasteiger partial charge in [0.1, 0.15) is 0 Å². The lowest BCUT2D eigenvalue weighted by Gasteiger charge is -2.19. The van der Waals surface area contributed by atoms with Crippen molar-refractivity contribution in [2.45, 2.75) is 58.4 Å². The van der Waals surface area contributed by atoms with Crippen LogP contribution in [0.3, 0.4) is 0 Å². The van der Waals surface area contributed by atoms with Crippen molar-refractivity contribution in [2.24, 2.45) is 0 Å². The number of benzene rings is 2. The van der Waals surface area contributed by atoms with Crippen LogP contribution in [-0.4, -0.2) is 45.6 Å². The molecule has 0 radical (unpaired) electrons. The minimum atomic E-state index is -0.379. The van der Waals surface area contributed by atoms with Crippen LogP contribution < -0.4 is 40.9 Å². The molecule has 0 fully saturated rings. The maximum atomic E-state index is 13.5. The van der Waals surface area contributed by atoms with Gasteiger partial charge in [-0.05, 0) is 84.8 Å². The highest BCUT2D eigenvalue weighted by molar-refractivity contribution is 5.92. The number of aryl methyl sites for hydroxylation is 1. The highest BCUT2D eigenvalue weighted by atomic mass is 16.5. The smallest absolute Gasteiger partial charge is 0.224 e. The van der Waals surface area contributed by atoms with Gasteiger partial charge in [0.25, 0.3) is 0 Å².